The second kappa shape index (κ2) is 3.86. The van der Waals surface area contributed by atoms with Crippen LogP contribution in [0.1, 0.15) is 0 Å². The van der Waals surface area contributed by atoms with Crippen molar-refractivity contribution in [3.8, 4) is 11.3 Å². The third-order valence-corrected chi connectivity index (χ3v) is 1.79. The van der Waals surface area contributed by atoms with Gasteiger partial charge in [0.15, 0.2) is 5.76 Å². The summed E-state index contributed by atoms with van der Waals surface area (Å²) in [6.45, 7) is 0. The molecule has 1 aromatic carbocycles. The molecule has 1 aromatic heterocycles. The summed E-state index contributed by atoms with van der Waals surface area (Å²) in [6, 6.07) is 7.17. The SMILES string of the molecule is O=C=Nc1cc(-c2ccc(F)cc2)on1. The van der Waals surface area contributed by atoms with Gasteiger partial charge in [-0.3, -0.25) is 0 Å². The van der Waals surface area contributed by atoms with E-state index in [0.29, 0.717) is 11.3 Å². The number of carbonyl (C=O) groups excluding carboxylic acids is 1. The molecule has 0 amide bonds. The van der Waals surface area contributed by atoms with Crippen LogP contribution in [0.2, 0.25) is 0 Å². The largest absolute Gasteiger partial charge is 0.354 e. The van der Waals surface area contributed by atoms with Crippen LogP contribution in [-0.4, -0.2) is 11.2 Å². The highest BCUT2D eigenvalue weighted by Crippen LogP contribution is 2.23. The summed E-state index contributed by atoms with van der Waals surface area (Å²) in [5.41, 5.74) is 0.663. The van der Waals surface area contributed by atoms with E-state index < -0.39 is 0 Å². The Hall–Kier alpha value is -2.26. The zero-order chi connectivity index (χ0) is 10.7. The van der Waals surface area contributed by atoms with Gasteiger partial charge in [-0.25, -0.2) is 9.18 Å². The third-order valence-electron chi connectivity index (χ3n) is 1.79. The number of halogens is 1. The van der Waals surface area contributed by atoms with Gasteiger partial charge in [-0.15, -0.1) is 4.99 Å². The van der Waals surface area contributed by atoms with Crippen molar-refractivity contribution in [1.82, 2.24) is 5.16 Å². The molecule has 0 radical (unpaired) electrons. The van der Waals surface area contributed by atoms with Crippen LogP contribution in [0.4, 0.5) is 10.2 Å². The van der Waals surface area contributed by atoms with Crippen LogP contribution in [0.25, 0.3) is 11.3 Å². The first-order valence-corrected chi connectivity index (χ1v) is 4.10. The van der Waals surface area contributed by atoms with E-state index in [1.807, 2.05) is 0 Å². The lowest BCUT2D eigenvalue weighted by atomic mass is 10.2. The van der Waals surface area contributed by atoms with Crippen molar-refractivity contribution >= 4 is 11.9 Å². The molecular weight excluding hydrogens is 199 g/mol. The van der Waals surface area contributed by atoms with Crippen molar-refractivity contribution in [3.05, 3.63) is 36.1 Å². The first kappa shape index (κ1) is 9.30. The molecule has 15 heavy (non-hydrogen) atoms. The van der Waals surface area contributed by atoms with Gasteiger partial charge in [0.05, 0.1) is 0 Å². The molecule has 1 heterocycles. The van der Waals surface area contributed by atoms with E-state index in [0.717, 1.165) is 0 Å². The summed E-state index contributed by atoms with van der Waals surface area (Å²) in [7, 11) is 0. The van der Waals surface area contributed by atoms with Gasteiger partial charge in [-0.2, -0.15) is 0 Å². The second-order valence-corrected chi connectivity index (χ2v) is 2.76. The Morgan fingerprint density at radius 1 is 1.33 bits per heavy atom. The highest BCUT2D eigenvalue weighted by molar-refractivity contribution is 5.60. The molecule has 2 rings (SSSR count). The van der Waals surface area contributed by atoms with Gasteiger partial charge in [-0.05, 0) is 24.3 Å². The Morgan fingerprint density at radius 3 is 2.73 bits per heavy atom. The van der Waals surface area contributed by atoms with Gasteiger partial charge in [0, 0.05) is 11.6 Å². The molecule has 0 saturated carbocycles. The summed E-state index contributed by atoms with van der Waals surface area (Å²) < 4.78 is 17.5. The molecule has 4 nitrogen and oxygen atoms in total. The van der Waals surface area contributed by atoms with Crippen molar-refractivity contribution in [2.45, 2.75) is 0 Å². The average molecular weight is 204 g/mol. The molecule has 5 heteroatoms. The molecule has 0 aliphatic rings. The highest BCUT2D eigenvalue weighted by Gasteiger charge is 2.05. The summed E-state index contributed by atoms with van der Waals surface area (Å²) in [5.74, 6) is 0.234. The van der Waals surface area contributed by atoms with E-state index in [2.05, 4.69) is 10.1 Å². The molecule has 0 spiro atoms. The molecule has 0 atom stereocenters. The molecule has 2 aromatic rings. The normalized spacial score (nSPS) is 9.67. The van der Waals surface area contributed by atoms with Crippen molar-refractivity contribution < 1.29 is 13.7 Å². The van der Waals surface area contributed by atoms with Crippen LogP contribution in [0.3, 0.4) is 0 Å². The van der Waals surface area contributed by atoms with Crippen molar-refractivity contribution in [3.63, 3.8) is 0 Å². The molecule has 74 valence electrons. The minimum Gasteiger partial charge on any atom is -0.354 e. The van der Waals surface area contributed by atoms with E-state index in [4.69, 9.17) is 4.52 Å². The Bertz CT molecular complexity index is 512. The Morgan fingerprint density at radius 2 is 2.07 bits per heavy atom. The number of aromatic nitrogens is 1. The van der Waals surface area contributed by atoms with Crippen molar-refractivity contribution in [2.24, 2.45) is 4.99 Å². The molecule has 0 fully saturated rings. The first-order valence-electron chi connectivity index (χ1n) is 4.10. The maximum atomic E-state index is 12.6. The number of isocyanates is 1. The summed E-state index contributed by atoms with van der Waals surface area (Å²) in [4.78, 5) is 13.2. The Balaban J connectivity index is 2.37. The number of benzene rings is 1. The first-order chi connectivity index (χ1) is 7.29. The van der Waals surface area contributed by atoms with Gasteiger partial charge in [0.25, 0.3) is 0 Å². The van der Waals surface area contributed by atoms with Crippen LogP contribution in [0.5, 0.6) is 0 Å². The van der Waals surface area contributed by atoms with E-state index >= 15 is 0 Å². The molecular formula is C10H5FN2O2. The van der Waals surface area contributed by atoms with E-state index in [9.17, 15) is 9.18 Å². The lowest BCUT2D eigenvalue weighted by Crippen LogP contribution is -1.74. The fourth-order valence-electron chi connectivity index (χ4n) is 1.12. The predicted octanol–water partition coefficient (Wildman–Crippen LogP) is 2.45. The van der Waals surface area contributed by atoms with Gasteiger partial charge in [-0.1, -0.05) is 5.16 Å². The Labute approximate surface area is 84.0 Å². The highest BCUT2D eigenvalue weighted by atomic mass is 19.1. The second-order valence-electron chi connectivity index (χ2n) is 2.76. The zero-order valence-electron chi connectivity index (χ0n) is 7.48. The average Bonchev–Trinajstić information content (AvgIpc) is 2.68. The topological polar surface area (TPSA) is 55.5 Å². The summed E-state index contributed by atoms with van der Waals surface area (Å²) in [5, 5.41) is 3.51. The molecule has 0 bridgehead atoms. The summed E-state index contributed by atoms with van der Waals surface area (Å²) in [6.07, 6.45) is 1.35. The third kappa shape index (κ3) is 1.98. The minimum absolute atomic E-state index is 0.143. The minimum atomic E-state index is -0.329. The van der Waals surface area contributed by atoms with Crippen LogP contribution >= 0.6 is 0 Å². The van der Waals surface area contributed by atoms with Gasteiger partial charge in [0.2, 0.25) is 11.9 Å². The van der Waals surface area contributed by atoms with Crippen LogP contribution in [0, 0.1) is 5.82 Å². The lowest BCUT2D eigenvalue weighted by Gasteiger charge is -1.92. The van der Waals surface area contributed by atoms with Gasteiger partial charge in [0.1, 0.15) is 5.82 Å². The van der Waals surface area contributed by atoms with E-state index in [1.54, 1.807) is 12.1 Å². The number of rotatable bonds is 2. The molecule has 0 aliphatic carbocycles. The fraction of sp³-hybridized carbons (Fsp3) is 0. The molecule has 0 aliphatic heterocycles. The number of hydrogen-bond donors (Lipinski definition) is 0. The number of nitrogens with zero attached hydrogens (tertiary/aromatic N) is 2. The van der Waals surface area contributed by atoms with Crippen LogP contribution in [-0.2, 0) is 4.79 Å². The maximum Gasteiger partial charge on any atom is 0.242 e. The number of aliphatic imine (C=N–C) groups is 1. The van der Waals surface area contributed by atoms with Gasteiger partial charge < -0.3 is 4.52 Å². The van der Waals surface area contributed by atoms with Crippen molar-refractivity contribution in [2.75, 3.05) is 0 Å². The molecule has 0 saturated heterocycles. The monoisotopic (exact) mass is 204 g/mol. The van der Waals surface area contributed by atoms with Crippen LogP contribution in [0.15, 0.2) is 39.8 Å². The lowest BCUT2D eigenvalue weighted by molar-refractivity contribution is 0.434. The fourth-order valence-corrected chi connectivity index (χ4v) is 1.12. The summed E-state index contributed by atoms with van der Waals surface area (Å²) >= 11 is 0. The zero-order valence-corrected chi connectivity index (χ0v) is 7.48. The smallest absolute Gasteiger partial charge is 0.242 e. The van der Waals surface area contributed by atoms with E-state index in [1.165, 1.54) is 24.3 Å². The maximum absolute atomic E-state index is 12.6. The predicted molar refractivity (Wildman–Crippen MR) is 49.7 cm³/mol. The Kier molecular flexibility index (Phi) is 2.39. The molecule has 0 unspecified atom stereocenters. The van der Waals surface area contributed by atoms with Crippen molar-refractivity contribution in [1.29, 1.82) is 0 Å². The standard InChI is InChI=1S/C10H5FN2O2/c11-8-3-1-7(2-4-8)9-5-10(12-6-14)13-15-9/h1-5H. The quantitative estimate of drug-likeness (QED) is 0.557. The molecule has 0 N–H and O–H groups in total. The van der Waals surface area contributed by atoms with E-state index in [-0.39, 0.29) is 11.6 Å². The number of hydrogen-bond acceptors (Lipinski definition) is 4. The van der Waals surface area contributed by atoms with Crippen LogP contribution < -0.4 is 0 Å². The van der Waals surface area contributed by atoms with Gasteiger partial charge >= 0.3 is 0 Å².